The topological polar surface area (TPSA) is 31.5 Å². The van der Waals surface area contributed by atoms with Crippen LogP contribution >= 0.6 is 0 Å². The van der Waals surface area contributed by atoms with Gasteiger partial charge in [-0.05, 0) is 31.5 Å². The summed E-state index contributed by atoms with van der Waals surface area (Å²) in [6.07, 6.45) is 4.16. The van der Waals surface area contributed by atoms with E-state index < -0.39 is 0 Å². The third-order valence-electron chi connectivity index (χ3n) is 4.62. The molecular formula is C21H21N3O. The van der Waals surface area contributed by atoms with Gasteiger partial charge >= 0.3 is 0 Å². The van der Waals surface area contributed by atoms with Crippen molar-refractivity contribution in [1.29, 1.82) is 0 Å². The van der Waals surface area contributed by atoms with Gasteiger partial charge in [0, 0.05) is 23.7 Å². The van der Waals surface area contributed by atoms with Gasteiger partial charge in [0.1, 0.15) is 5.75 Å². The Bertz CT molecular complexity index is 1010. The van der Waals surface area contributed by atoms with Crippen LogP contribution in [0.2, 0.25) is 0 Å². The van der Waals surface area contributed by atoms with Gasteiger partial charge in [0.2, 0.25) is 5.78 Å². The molecule has 0 bridgehead atoms. The molecule has 25 heavy (non-hydrogen) atoms. The van der Waals surface area contributed by atoms with Gasteiger partial charge in [-0.1, -0.05) is 42.0 Å². The summed E-state index contributed by atoms with van der Waals surface area (Å²) in [5.41, 5.74) is 5.83. The van der Waals surface area contributed by atoms with Crippen LogP contribution in [0.5, 0.6) is 5.75 Å². The molecule has 126 valence electrons. The second kappa shape index (κ2) is 6.13. The molecule has 0 saturated heterocycles. The zero-order chi connectivity index (χ0) is 17.4. The minimum Gasteiger partial charge on any atom is -0.497 e. The summed E-state index contributed by atoms with van der Waals surface area (Å²) in [4.78, 5) is 4.90. The molecule has 4 nitrogen and oxygen atoms in total. The zero-order valence-corrected chi connectivity index (χ0v) is 14.7. The number of hydrogen-bond donors (Lipinski definition) is 0. The van der Waals surface area contributed by atoms with Crippen LogP contribution in [0, 0.1) is 13.8 Å². The van der Waals surface area contributed by atoms with E-state index in [1.165, 1.54) is 11.1 Å². The summed E-state index contributed by atoms with van der Waals surface area (Å²) in [5.74, 6) is 1.84. The smallest absolute Gasteiger partial charge is 0.215 e. The fourth-order valence-corrected chi connectivity index (χ4v) is 3.13. The molecule has 0 amide bonds. The van der Waals surface area contributed by atoms with E-state index in [1.54, 1.807) is 7.11 Å². The number of benzene rings is 2. The SMILES string of the molecule is COc1ccc(Cn2ccn3c(C)c(-c4ccc(C)cc4)nc23)cc1. The van der Waals surface area contributed by atoms with Crippen molar-refractivity contribution in [3.05, 3.63) is 77.7 Å². The Morgan fingerprint density at radius 1 is 0.920 bits per heavy atom. The third-order valence-corrected chi connectivity index (χ3v) is 4.62. The number of fused-ring (bicyclic) bond motifs is 1. The molecule has 0 radical (unpaired) electrons. The first-order valence-corrected chi connectivity index (χ1v) is 8.39. The lowest BCUT2D eigenvalue weighted by molar-refractivity contribution is 0.414. The van der Waals surface area contributed by atoms with Crippen LogP contribution in [0.25, 0.3) is 17.0 Å². The van der Waals surface area contributed by atoms with Gasteiger partial charge in [-0.25, -0.2) is 4.98 Å². The minimum atomic E-state index is 0.782. The van der Waals surface area contributed by atoms with Crippen LogP contribution in [0.4, 0.5) is 0 Å². The predicted octanol–water partition coefficient (Wildman–Crippen LogP) is 4.48. The summed E-state index contributed by atoms with van der Waals surface area (Å²) in [6, 6.07) is 16.7. The average molecular weight is 331 g/mol. The van der Waals surface area contributed by atoms with Gasteiger partial charge < -0.3 is 9.30 Å². The van der Waals surface area contributed by atoms with Crippen molar-refractivity contribution >= 4 is 5.78 Å². The molecule has 4 heteroatoms. The van der Waals surface area contributed by atoms with Crippen LogP contribution in [-0.2, 0) is 6.54 Å². The molecule has 2 aromatic heterocycles. The lowest BCUT2D eigenvalue weighted by atomic mass is 10.1. The van der Waals surface area contributed by atoms with Gasteiger partial charge in [-0.2, -0.15) is 0 Å². The summed E-state index contributed by atoms with van der Waals surface area (Å²) in [6.45, 7) is 5.00. The van der Waals surface area contributed by atoms with Crippen LogP contribution in [0.1, 0.15) is 16.8 Å². The monoisotopic (exact) mass is 331 g/mol. The van der Waals surface area contributed by atoms with E-state index in [9.17, 15) is 0 Å². The average Bonchev–Trinajstić information content (AvgIpc) is 3.17. The summed E-state index contributed by atoms with van der Waals surface area (Å²) >= 11 is 0. The zero-order valence-electron chi connectivity index (χ0n) is 14.7. The van der Waals surface area contributed by atoms with E-state index >= 15 is 0 Å². The van der Waals surface area contributed by atoms with Gasteiger partial charge in [0.25, 0.3) is 0 Å². The van der Waals surface area contributed by atoms with Crippen molar-refractivity contribution in [2.45, 2.75) is 20.4 Å². The number of rotatable bonds is 4. The van der Waals surface area contributed by atoms with Crippen LogP contribution < -0.4 is 4.74 Å². The Kier molecular flexibility index (Phi) is 3.80. The highest BCUT2D eigenvalue weighted by atomic mass is 16.5. The van der Waals surface area contributed by atoms with Gasteiger partial charge in [0.15, 0.2) is 0 Å². The van der Waals surface area contributed by atoms with E-state index in [0.29, 0.717) is 0 Å². The fraction of sp³-hybridized carbons (Fsp3) is 0.190. The Morgan fingerprint density at radius 2 is 1.64 bits per heavy atom. The highest BCUT2D eigenvalue weighted by Crippen LogP contribution is 2.25. The summed E-state index contributed by atoms with van der Waals surface area (Å²) in [5, 5.41) is 0. The minimum absolute atomic E-state index is 0.782. The molecule has 0 atom stereocenters. The van der Waals surface area contributed by atoms with E-state index in [1.807, 2.05) is 12.1 Å². The largest absolute Gasteiger partial charge is 0.497 e. The molecule has 4 rings (SSSR count). The van der Waals surface area contributed by atoms with Gasteiger partial charge in [-0.3, -0.25) is 4.40 Å². The van der Waals surface area contributed by atoms with Crippen molar-refractivity contribution in [3.8, 4) is 17.0 Å². The molecule has 0 unspecified atom stereocenters. The highest BCUT2D eigenvalue weighted by Gasteiger charge is 2.13. The molecule has 4 aromatic rings. The summed E-state index contributed by atoms with van der Waals surface area (Å²) in [7, 11) is 1.68. The van der Waals surface area contributed by atoms with Gasteiger partial charge in [0.05, 0.1) is 19.3 Å². The number of aromatic nitrogens is 3. The summed E-state index contributed by atoms with van der Waals surface area (Å²) < 4.78 is 9.55. The number of imidazole rings is 2. The molecule has 0 N–H and O–H groups in total. The lowest BCUT2D eigenvalue weighted by Crippen LogP contribution is -1.99. The number of methoxy groups -OCH3 is 1. The predicted molar refractivity (Wildman–Crippen MR) is 100 cm³/mol. The van der Waals surface area contributed by atoms with E-state index in [4.69, 9.17) is 9.72 Å². The second-order valence-corrected chi connectivity index (χ2v) is 6.36. The van der Waals surface area contributed by atoms with E-state index in [0.717, 1.165) is 35.0 Å². The van der Waals surface area contributed by atoms with E-state index in [2.05, 4.69) is 71.6 Å². The maximum atomic E-state index is 5.23. The number of ether oxygens (including phenoxy) is 1. The molecule has 0 spiro atoms. The van der Waals surface area contributed by atoms with Crippen LogP contribution in [0.15, 0.2) is 60.9 Å². The Morgan fingerprint density at radius 3 is 2.32 bits per heavy atom. The fourth-order valence-electron chi connectivity index (χ4n) is 3.13. The molecule has 0 aliphatic heterocycles. The second-order valence-electron chi connectivity index (χ2n) is 6.36. The maximum absolute atomic E-state index is 5.23. The molecule has 0 saturated carbocycles. The number of hydrogen-bond acceptors (Lipinski definition) is 2. The van der Waals surface area contributed by atoms with Crippen LogP contribution in [-0.4, -0.2) is 21.1 Å². The standard InChI is InChI=1S/C21H21N3O/c1-15-4-8-18(9-5-15)20-16(2)24-13-12-23(21(24)22-20)14-17-6-10-19(25-3)11-7-17/h4-13H,14H2,1-3H3. The Hall–Kier alpha value is -3.01. The molecule has 0 aliphatic rings. The van der Waals surface area contributed by atoms with Crippen molar-refractivity contribution < 1.29 is 4.74 Å². The Labute approximate surface area is 147 Å². The number of nitrogens with zero attached hydrogens (tertiary/aromatic N) is 3. The van der Waals surface area contributed by atoms with E-state index in [-0.39, 0.29) is 0 Å². The normalized spacial score (nSPS) is 11.2. The first-order chi connectivity index (χ1) is 12.2. The van der Waals surface area contributed by atoms with Gasteiger partial charge in [-0.15, -0.1) is 0 Å². The van der Waals surface area contributed by atoms with Crippen molar-refractivity contribution in [1.82, 2.24) is 14.0 Å². The Balaban J connectivity index is 1.71. The lowest BCUT2D eigenvalue weighted by Gasteiger charge is -2.05. The molecule has 2 aromatic carbocycles. The van der Waals surface area contributed by atoms with Crippen molar-refractivity contribution in [2.24, 2.45) is 0 Å². The first kappa shape index (κ1) is 15.5. The first-order valence-electron chi connectivity index (χ1n) is 8.39. The van der Waals surface area contributed by atoms with Crippen LogP contribution in [0.3, 0.4) is 0 Å². The molecular weight excluding hydrogens is 310 g/mol. The number of aryl methyl sites for hydroxylation is 2. The molecule has 0 aliphatic carbocycles. The van der Waals surface area contributed by atoms with Crippen molar-refractivity contribution in [2.75, 3.05) is 7.11 Å². The maximum Gasteiger partial charge on any atom is 0.215 e. The van der Waals surface area contributed by atoms with Crippen molar-refractivity contribution in [3.63, 3.8) is 0 Å². The molecule has 2 heterocycles. The molecule has 0 fully saturated rings. The third kappa shape index (κ3) is 2.80. The highest BCUT2D eigenvalue weighted by molar-refractivity contribution is 5.65. The quantitative estimate of drug-likeness (QED) is 0.552.